The number of ether oxygens (including phenoxy) is 2. The molecule has 128 valence electrons. The number of hydrogen-bond donors (Lipinski definition) is 2. The van der Waals surface area contributed by atoms with E-state index in [0.717, 1.165) is 11.8 Å². The van der Waals surface area contributed by atoms with Gasteiger partial charge in [0.15, 0.2) is 0 Å². The summed E-state index contributed by atoms with van der Waals surface area (Å²) in [6.45, 7) is 1.30. The van der Waals surface area contributed by atoms with Crippen molar-refractivity contribution in [2.75, 3.05) is 20.0 Å². The van der Waals surface area contributed by atoms with E-state index in [1.54, 1.807) is 25.3 Å². The fourth-order valence-electron chi connectivity index (χ4n) is 1.70. The lowest BCUT2D eigenvalue weighted by Gasteiger charge is -2.11. The molecule has 1 aromatic carbocycles. The Morgan fingerprint density at radius 1 is 1.25 bits per heavy atom. The number of carbonyl (C=O) groups is 2. The molecule has 2 rings (SSSR count). The molecular weight excluding hydrogens is 336 g/mol. The fraction of sp³-hybridized carbons (Fsp3) is 0.308. The van der Waals surface area contributed by atoms with Crippen molar-refractivity contribution in [1.29, 1.82) is 0 Å². The van der Waals surface area contributed by atoms with E-state index in [4.69, 9.17) is 9.47 Å². The second kappa shape index (κ2) is 8.15. The van der Waals surface area contributed by atoms with Crippen molar-refractivity contribution in [3.8, 4) is 17.2 Å². The van der Waals surface area contributed by atoms with Gasteiger partial charge in [-0.05, 0) is 22.6 Å². The van der Waals surface area contributed by atoms with Crippen LogP contribution in [0.2, 0.25) is 0 Å². The molecule has 0 fully saturated rings. The van der Waals surface area contributed by atoms with E-state index in [1.807, 2.05) is 0 Å². The number of aromatic nitrogens is 4. The van der Waals surface area contributed by atoms with Crippen LogP contribution in [0.15, 0.2) is 23.4 Å². The smallest absolute Gasteiger partial charge is 0.248 e. The average molecular weight is 352 g/mol. The van der Waals surface area contributed by atoms with Crippen molar-refractivity contribution in [1.82, 2.24) is 31.1 Å². The van der Waals surface area contributed by atoms with Crippen molar-refractivity contribution in [2.45, 2.75) is 12.1 Å². The van der Waals surface area contributed by atoms with E-state index in [9.17, 15) is 9.59 Å². The Morgan fingerprint density at radius 2 is 2.04 bits per heavy atom. The maximum Gasteiger partial charge on any atom is 0.248 e. The largest absolute Gasteiger partial charge is 0.497 e. The molecular formula is C13H16N6O4S. The van der Waals surface area contributed by atoms with E-state index < -0.39 is 0 Å². The van der Waals surface area contributed by atoms with Crippen LogP contribution in [-0.2, 0) is 9.59 Å². The summed E-state index contributed by atoms with van der Waals surface area (Å²) in [6.07, 6.45) is 0. The molecule has 10 nitrogen and oxygen atoms in total. The summed E-state index contributed by atoms with van der Waals surface area (Å²) < 4.78 is 11.9. The van der Waals surface area contributed by atoms with Crippen LogP contribution in [0.25, 0.3) is 5.69 Å². The van der Waals surface area contributed by atoms with E-state index in [0.29, 0.717) is 22.3 Å². The van der Waals surface area contributed by atoms with Gasteiger partial charge in [0, 0.05) is 13.0 Å². The lowest BCUT2D eigenvalue weighted by molar-refractivity contribution is -0.126. The van der Waals surface area contributed by atoms with Crippen LogP contribution in [0.5, 0.6) is 11.5 Å². The third kappa shape index (κ3) is 4.35. The van der Waals surface area contributed by atoms with Crippen LogP contribution in [0.1, 0.15) is 6.92 Å². The Labute approximate surface area is 141 Å². The fourth-order valence-corrected chi connectivity index (χ4v) is 2.39. The Bertz CT molecular complexity index is 735. The zero-order chi connectivity index (χ0) is 17.5. The molecule has 24 heavy (non-hydrogen) atoms. The molecule has 0 bridgehead atoms. The van der Waals surface area contributed by atoms with E-state index in [-0.39, 0.29) is 17.6 Å². The highest BCUT2D eigenvalue weighted by Gasteiger charge is 2.15. The number of nitrogens with one attached hydrogen (secondary N) is 2. The number of benzene rings is 1. The molecule has 2 N–H and O–H groups in total. The number of tetrazole rings is 1. The van der Waals surface area contributed by atoms with Crippen molar-refractivity contribution in [3.05, 3.63) is 18.2 Å². The molecule has 1 heterocycles. The van der Waals surface area contributed by atoms with E-state index >= 15 is 0 Å². The molecule has 0 aliphatic heterocycles. The van der Waals surface area contributed by atoms with Crippen LogP contribution >= 0.6 is 11.8 Å². The summed E-state index contributed by atoms with van der Waals surface area (Å²) in [6, 6.07) is 5.20. The summed E-state index contributed by atoms with van der Waals surface area (Å²) in [5, 5.41) is 11.8. The first-order valence-electron chi connectivity index (χ1n) is 6.74. The van der Waals surface area contributed by atoms with Gasteiger partial charge in [0.25, 0.3) is 0 Å². The maximum atomic E-state index is 11.6. The van der Waals surface area contributed by atoms with Gasteiger partial charge in [0.1, 0.15) is 17.2 Å². The molecule has 0 aliphatic rings. The molecule has 0 saturated heterocycles. The van der Waals surface area contributed by atoms with Crippen LogP contribution in [0.3, 0.4) is 0 Å². The summed E-state index contributed by atoms with van der Waals surface area (Å²) in [7, 11) is 3.08. The number of hydrogen-bond acceptors (Lipinski definition) is 8. The third-order valence-electron chi connectivity index (χ3n) is 2.77. The van der Waals surface area contributed by atoms with Crippen molar-refractivity contribution in [3.63, 3.8) is 0 Å². The number of nitrogens with zero attached hydrogens (tertiary/aromatic N) is 4. The molecule has 0 unspecified atom stereocenters. The van der Waals surface area contributed by atoms with Gasteiger partial charge in [-0.15, -0.1) is 5.10 Å². The SMILES string of the molecule is COc1ccc(-n2nnnc2SCC(=O)NNC(C)=O)c(OC)c1. The van der Waals surface area contributed by atoms with Crippen LogP contribution in [0, 0.1) is 0 Å². The maximum absolute atomic E-state index is 11.6. The van der Waals surface area contributed by atoms with Gasteiger partial charge >= 0.3 is 0 Å². The summed E-state index contributed by atoms with van der Waals surface area (Å²) in [4.78, 5) is 22.4. The van der Waals surface area contributed by atoms with Gasteiger partial charge in [-0.25, -0.2) is 0 Å². The Balaban J connectivity index is 2.13. The topological polar surface area (TPSA) is 120 Å². The lowest BCUT2D eigenvalue weighted by Crippen LogP contribution is -2.41. The first-order chi connectivity index (χ1) is 11.5. The number of methoxy groups -OCH3 is 2. The predicted molar refractivity (Wildman–Crippen MR) is 84.9 cm³/mol. The molecule has 0 spiro atoms. The minimum absolute atomic E-state index is 0.0269. The Morgan fingerprint density at radius 3 is 2.71 bits per heavy atom. The quantitative estimate of drug-likeness (QED) is 0.548. The van der Waals surface area contributed by atoms with Crippen molar-refractivity contribution < 1.29 is 19.1 Å². The highest BCUT2D eigenvalue weighted by Crippen LogP contribution is 2.29. The van der Waals surface area contributed by atoms with Gasteiger partial charge in [-0.2, -0.15) is 4.68 Å². The first kappa shape index (κ1) is 17.5. The zero-order valence-electron chi connectivity index (χ0n) is 13.3. The van der Waals surface area contributed by atoms with Crippen molar-refractivity contribution >= 4 is 23.6 Å². The Kier molecular flexibility index (Phi) is 5.95. The monoisotopic (exact) mass is 352 g/mol. The normalized spacial score (nSPS) is 10.1. The molecule has 2 amide bonds. The van der Waals surface area contributed by atoms with Crippen LogP contribution in [0.4, 0.5) is 0 Å². The van der Waals surface area contributed by atoms with Gasteiger partial charge < -0.3 is 9.47 Å². The average Bonchev–Trinajstić information content (AvgIpc) is 3.05. The summed E-state index contributed by atoms with van der Waals surface area (Å²) >= 11 is 1.11. The second-order valence-electron chi connectivity index (χ2n) is 4.43. The predicted octanol–water partition coefficient (Wildman–Crippen LogP) is -0.0611. The van der Waals surface area contributed by atoms with Crippen LogP contribution < -0.4 is 20.3 Å². The highest BCUT2D eigenvalue weighted by atomic mass is 32.2. The van der Waals surface area contributed by atoms with E-state index in [1.165, 1.54) is 18.7 Å². The van der Waals surface area contributed by atoms with Crippen LogP contribution in [-0.4, -0.2) is 52.0 Å². The number of carbonyl (C=O) groups excluding carboxylic acids is 2. The molecule has 1 aromatic heterocycles. The first-order valence-corrected chi connectivity index (χ1v) is 7.72. The minimum Gasteiger partial charge on any atom is -0.497 e. The molecule has 0 saturated carbocycles. The molecule has 11 heteroatoms. The van der Waals surface area contributed by atoms with Crippen molar-refractivity contribution in [2.24, 2.45) is 0 Å². The standard InChI is InChI=1S/C13H16N6O4S/c1-8(20)14-15-12(21)7-24-13-16-17-18-19(13)10-5-4-9(22-2)6-11(10)23-3/h4-6H,7H2,1-3H3,(H,14,20)(H,15,21). The lowest BCUT2D eigenvalue weighted by atomic mass is 10.3. The summed E-state index contributed by atoms with van der Waals surface area (Å²) in [5.41, 5.74) is 5.08. The highest BCUT2D eigenvalue weighted by molar-refractivity contribution is 7.99. The summed E-state index contributed by atoms with van der Waals surface area (Å²) in [5.74, 6) is 0.436. The third-order valence-corrected chi connectivity index (χ3v) is 3.69. The van der Waals surface area contributed by atoms with E-state index in [2.05, 4.69) is 26.4 Å². The molecule has 0 atom stereocenters. The molecule has 0 radical (unpaired) electrons. The zero-order valence-corrected chi connectivity index (χ0v) is 14.1. The number of amides is 2. The minimum atomic E-state index is -0.383. The second-order valence-corrected chi connectivity index (χ2v) is 5.37. The van der Waals surface area contributed by atoms with Gasteiger partial charge in [0.05, 0.1) is 20.0 Å². The number of hydrazine groups is 1. The molecule has 2 aromatic rings. The van der Waals surface area contributed by atoms with Gasteiger partial charge in [-0.3, -0.25) is 20.4 Å². The number of rotatable bonds is 6. The molecule has 0 aliphatic carbocycles. The van der Waals surface area contributed by atoms with Gasteiger partial charge in [0.2, 0.25) is 17.0 Å². The van der Waals surface area contributed by atoms with Gasteiger partial charge in [-0.1, -0.05) is 11.8 Å². The number of thioether (sulfide) groups is 1. The Hall–Kier alpha value is -2.82.